The third-order valence-corrected chi connectivity index (χ3v) is 12.0. The van der Waals surface area contributed by atoms with E-state index < -0.39 is 32.2 Å². The summed E-state index contributed by atoms with van der Waals surface area (Å²) in [4.78, 5) is 41.2. The van der Waals surface area contributed by atoms with Crippen LogP contribution in [0.15, 0.2) is 30.3 Å². The minimum Gasteiger partial charge on any atom is -0.459 e. The molecular formula is C23H32N2O5S. The number of ether oxygens (including phenoxy) is 1. The Morgan fingerprint density at radius 1 is 1.23 bits per heavy atom. The lowest BCUT2D eigenvalue weighted by Crippen LogP contribution is -2.57. The average Bonchev–Trinajstić information content (AvgIpc) is 2.96. The molecule has 0 spiro atoms. The Kier molecular flexibility index (Phi) is 6.16. The molecule has 0 bridgehead atoms. The van der Waals surface area contributed by atoms with Crippen molar-refractivity contribution in [2.45, 2.75) is 74.8 Å². The number of benzene rings is 1. The molecule has 1 aromatic rings. The van der Waals surface area contributed by atoms with E-state index >= 15 is 0 Å². The largest absolute Gasteiger partial charge is 0.459 e. The number of esters is 1. The molecule has 3 aliphatic heterocycles. The Morgan fingerprint density at radius 3 is 2.65 bits per heavy atom. The Hall–Kier alpha value is -1.90. The topological polar surface area (TPSA) is 95.9 Å². The van der Waals surface area contributed by atoms with Crippen molar-refractivity contribution >= 4 is 27.0 Å². The normalized spacial score (nSPS) is 34.1. The summed E-state index contributed by atoms with van der Waals surface area (Å²) in [5.41, 5.74) is 0.859. The number of nitrogens with zero attached hydrogens (tertiary/aromatic N) is 1. The maximum Gasteiger partial charge on any atom is 0.330 e. The van der Waals surface area contributed by atoms with Crippen LogP contribution in [-0.2, 0) is 25.7 Å². The molecule has 0 radical (unpaired) electrons. The summed E-state index contributed by atoms with van der Waals surface area (Å²) in [6.07, 6.45) is 4.00. The molecule has 1 amide bonds. The Bertz CT molecular complexity index is 853. The van der Waals surface area contributed by atoms with Crippen LogP contribution in [0.2, 0.25) is 0 Å². The third-order valence-electron chi connectivity index (χ3n) is 7.14. The summed E-state index contributed by atoms with van der Waals surface area (Å²) in [5, 5.41) is 13.6. The van der Waals surface area contributed by atoms with E-state index in [4.69, 9.17) is 4.74 Å². The zero-order valence-corrected chi connectivity index (χ0v) is 19.0. The summed E-state index contributed by atoms with van der Waals surface area (Å²) in [7, 11) is -2.36. The lowest BCUT2D eigenvalue weighted by Gasteiger charge is -2.50. The fourth-order valence-electron chi connectivity index (χ4n) is 5.33. The maximum absolute atomic E-state index is 13.9. The van der Waals surface area contributed by atoms with Gasteiger partial charge in [-0.1, -0.05) is 43.2 Å². The second kappa shape index (κ2) is 8.56. The molecule has 0 aromatic heterocycles. The fraction of sp³-hybridized carbons (Fsp3) is 0.609. The van der Waals surface area contributed by atoms with Gasteiger partial charge in [0, 0.05) is 4.75 Å². The Labute approximate surface area is 184 Å². The van der Waals surface area contributed by atoms with Crippen LogP contribution < -0.4 is 5.32 Å². The van der Waals surface area contributed by atoms with E-state index in [9.17, 15) is 19.5 Å². The second-order valence-corrected chi connectivity index (χ2v) is 13.0. The number of nitrogens with one attached hydrogen (secondary N) is 1. The SMILES string of the molecule is CC1(C)[C@H](C(=O)OCc2ccccc2)N2C(=O)C[C@H]2S1(CO)C(=O)C1CCCCCN1. The molecule has 8 heteroatoms. The highest BCUT2D eigenvalue weighted by molar-refractivity contribution is 8.46. The van der Waals surface area contributed by atoms with Gasteiger partial charge in [0.2, 0.25) is 5.91 Å². The van der Waals surface area contributed by atoms with Gasteiger partial charge < -0.3 is 20.1 Å². The van der Waals surface area contributed by atoms with Crippen molar-refractivity contribution < 1.29 is 24.2 Å². The zero-order chi connectivity index (χ0) is 22.2. The van der Waals surface area contributed by atoms with Gasteiger partial charge in [-0.05, 0) is 38.8 Å². The number of carbonyl (C=O) groups is 3. The number of fused-ring (bicyclic) bond motifs is 1. The minimum absolute atomic E-state index is 0.00255. The molecule has 3 fully saturated rings. The number of β-lactam (4-membered cyclic amide) rings is 1. The van der Waals surface area contributed by atoms with Crippen LogP contribution in [0.5, 0.6) is 0 Å². The number of carbonyl (C=O) groups excluding carboxylic acids is 3. The van der Waals surface area contributed by atoms with Crippen molar-refractivity contribution in [1.29, 1.82) is 0 Å². The van der Waals surface area contributed by atoms with Crippen molar-refractivity contribution in [3.05, 3.63) is 35.9 Å². The Morgan fingerprint density at radius 2 is 1.97 bits per heavy atom. The van der Waals surface area contributed by atoms with Gasteiger partial charge >= 0.3 is 5.97 Å². The number of amides is 1. The van der Waals surface area contributed by atoms with Crippen molar-refractivity contribution in [3.63, 3.8) is 0 Å². The zero-order valence-electron chi connectivity index (χ0n) is 18.2. The van der Waals surface area contributed by atoms with E-state index in [1.54, 1.807) is 0 Å². The molecule has 4 atom stereocenters. The molecule has 0 aliphatic carbocycles. The van der Waals surface area contributed by atoms with E-state index in [0.29, 0.717) is 0 Å². The van der Waals surface area contributed by atoms with E-state index in [1.807, 2.05) is 44.2 Å². The fourth-order valence-corrected chi connectivity index (χ4v) is 9.82. The highest BCUT2D eigenvalue weighted by Crippen LogP contribution is 2.74. The van der Waals surface area contributed by atoms with Crippen molar-refractivity contribution in [3.8, 4) is 0 Å². The molecule has 4 rings (SSSR count). The first-order valence-corrected chi connectivity index (χ1v) is 12.9. The van der Waals surface area contributed by atoms with Crippen LogP contribution in [0.25, 0.3) is 0 Å². The van der Waals surface area contributed by atoms with Gasteiger partial charge in [0.25, 0.3) is 0 Å². The summed E-state index contributed by atoms with van der Waals surface area (Å²) >= 11 is 0. The number of hydrogen-bond donors (Lipinski definition) is 2. The Balaban J connectivity index is 1.62. The third kappa shape index (κ3) is 3.49. The van der Waals surface area contributed by atoms with Gasteiger partial charge in [0.1, 0.15) is 12.6 Å². The van der Waals surface area contributed by atoms with Gasteiger partial charge in [-0.3, -0.25) is 9.59 Å². The molecular weight excluding hydrogens is 416 g/mol. The number of hydrogen-bond acceptors (Lipinski definition) is 6. The first-order chi connectivity index (χ1) is 14.8. The highest BCUT2D eigenvalue weighted by atomic mass is 32.3. The number of rotatable bonds is 5. The predicted molar refractivity (Wildman–Crippen MR) is 119 cm³/mol. The van der Waals surface area contributed by atoms with Gasteiger partial charge in [-0.25, -0.2) is 4.79 Å². The molecule has 2 unspecified atom stereocenters. The lowest BCUT2D eigenvalue weighted by molar-refractivity contribution is -0.162. The minimum atomic E-state index is -2.36. The molecule has 2 N–H and O–H groups in total. The standard InChI is InChI=1S/C23H32N2O5S/c1-23(2)20(21(28)30-14-16-9-5-3-6-10-16)25-18(27)13-19(25)31(23,15-26)22(29)17-11-7-4-8-12-24-17/h3,5-6,9-10,17,19-20,24,26H,4,7-8,11-15H2,1-2H3/t17?,19-,20+/m1/s1. The summed E-state index contributed by atoms with van der Waals surface area (Å²) in [6.45, 7) is 4.59. The highest BCUT2D eigenvalue weighted by Gasteiger charge is 2.71. The molecule has 3 heterocycles. The molecule has 31 heavy (non-hydrogen) atoms. The first-order valence-electron chi connectivity index (χ1n) is 11.0. The monoisotopic (exact) mass is 448 g/mol. The van der Waals surface area contributed by atoms with Crippen LogP contribution >= 0.6 is 10.0 Å². The van der Waals surface area contributed by atoms with Gasteiger partial charge in [-0.15, -0.1) is 10.0 Å². The van der Waals surface area contributed by atoms with Crippen LogP contribution in [0, 0.1) is 0 Å². The molecule has 3 saturated heterocycles. The quantitative estimate of drug-likeness (QED) is 0.530. The van der Waals surface area contributed by atoms with E-state index in [-0.39, 0.29) is 36.0 Å². The summed E-state index contributed by atoms with van der Waals surface area (Å²) in [6, 6.07) is 8.18. The van der Waals surface area contributed by atoms with Crippen LogP contribution in [0.4, 0.5) is 0 Å². The summed E-state index contributed by atoms with van der Waals surface area (Å²) in [5.74, 6) is -0.964. The van der Waals surface area contributed by atoms with Gasteiger partial charge in [-0.2, -0.15) is 0 Å². The van der Waals surface area contributed by atoms with Crippen molar-refractivity contribution in [1.82, 2.24) is 10.2 Å². The molecule has 7 nitrogen and oxygen atoms in total. The molecule has 0 saturated carbocycles. The van der Waals surface area contributed by atoms with E-state index in [1.165, 1.54) is 4.90 Å². The second-order valence-electron chi connectivity index (χ2n) is 9.16. The first kappa shape index (κ1) is 22.3. The maximum atomic E-state index is 13.9. The van der Waals surface area contributed by atoms with Crippen LogP contribution in [-0.4, -0.2) is 61.7 Å². The number of aliphatic hydroxyl groups is 1. The van der Waals surface area contributed by atoms with Gasteiger partial charge in [0.15, 0.2) is 5.12 Å². The van der Waals surface area contributed by atoms with E-state index in [2.05, 4.69) is 5.32 Å². The van der Waals surface area contributed by atoms with Crippen molar-refractivity contribution in [2.75, 3.05) is 12.5 Å². The number of aliphatic hydroxyl groups excluding tert-OH is 1. The smallest absolute Gasteiger partial charge is 0.330 e. The molecule has 3 aliphatic rings. The van der Waals surface area contributed by atoms with E-state index in [0.717, 1.165) is 37.8 Å². The van der Waals surface area contributed by atoms with Crippen molar-refractivity contribution in [2.24, 2.45) is 0 Å². The van der Waals surface area contributed by atoms with Crippen LogP contribution in [0.3, 0.4) is 0 Å². The molecule has 170 valence electrons. The predicted octanol–water partition coefficient (Wildman–Crippen LogP) is 2.26. The summed E-state index contributed by atoms with van der Waals surface area (Å²) < 4.78 is 4.73. The average molecular weight is 449 g/mol. The van der Waals surface area contributed by atoms with Gasteiger partial charge in [0.05, 0.1) is 23.8 Å². The molecule has 1 aromatic carbocycles. The van der Waals surface area contributed by atoms with Crippen LogP contribution in [0.1, 0.15) is 51.5 Å². The lowest BCUT2D eigenvalue weighted by atomic mass is 9.98.